The number of anilines is 1. The third-order valence-electron chi connectivity index (χ3n) is 3.21. The van der Waals surface area contributed by atoms with Gasteiger partial charge in [-0.2, -0.15) is 5.06 Å². The maximum Gasteiger partial charge on any atom is 0.272 e. The quantitative estimate of drug-likeness (QED) is 0.837. The highest BCUT2D eigenvalue weighted by Crippen LogP contribution is 2.26. The lowest BCUT2D eigenvalue weighted by Crippen LogP contribution is -2.31. The molecule has 0 bridgehead atoms. The monoisotopic (exact) mass is 266 g/mol. The molecule has 2 aromatic rings. The van der Waals surface area contributed by atoms with Crippen LogP contribution in [-0.4, -0.2) is 25.3 Å². The highest BCUT2D eigenvalue weighted by molar-refractivity contribution is 6.19. The summed E-state index contributed by atoms with van der Waals surface area (Å²) in [5.41, 5.74) is 3.42. The first kappa shape index (κ1) is 12.6. The molecule has 0 radical (unpaired) electrons. The third kappa shape index (κ3) is 2.10. The fourth-order valence-electron chi connectivity index (χ4n) is 2.32. The van der Waals surface area contributed by atoms with E-state index in [1.807, 2.05) is 54.6 Å². The molecule has 1 heterocycles. The molecule has 0 aliphatic carbocycles. The van der Waals surface area contributed by atoms with Gasteiger partial charge in [-0.25, -0.2) is 0 Å². The topological polar surface area (TPSA) is 41.9 Å². The van der Waals surface area contributed by atoms with Crippen molar-refractivity contribution in [3.63, 3.8) is 0 Å². The van der Waals surface area contributed by atoms with Gasteiger partial charge in [0.25, 0.3) is 5.91 Å². The number of nitrogens with zero attached hydrogens (tertiary/aromatic N) is 2. The van der Waals surface area contributed by atoms with Crippen molar-refractivity contribution in [2.24, 2.45) is 4.99 Å². The molecule has 100 valence electrons. The molecule has 1 aliphatic heterocycles. The summed E-state index contributed by atoms with van der Waals surface area (Å²) in [7, 11) is 1.49. The predicted octanol–water partition coefficient (Wildman–Crippen LogP) is 2.43. The highest BCUT2D eigenvalue weighted by atomic mass is 16.7. The van der Waals surface area contributed by atoms with Gasteiger partial charge in [0.1, 0.15) is 6.54 Å². The minimum absolute atomic E-state index is 0.0761. The Hall–Kier alpha value is -2.46. The van der Waals surface area contributed by atoms with Crippen LogP contribution >= 0.6 is 0 Å². The number of carbonyl (C=O) groups excluding carboxylic acids is 1. The number of amides is 1. The maximum absolute atomic E-state index is 12.1. The second kappa shape index (κ2) is 5.27. The molecule has 0 N–H and O–H groups in total. The summed E-state index contributed by atoms with van der Waals surface area (Å²) in [5.74, 6) is -0.175. The second-order valence-corrected chi connectivity index (χ2v) is 4.42. The van der Waals surface area contributed by atoms with Gasteiger partial charge in [0.2, 0.25) is 0 Å². The zero-order valence-electron chi connectivity index (χ0n) is 11.1. The molecule has 2 aromatic carbocycles. The van der Waals surface area contributed by atoms with Crippen LogP contribution in [0.4, 0.5) is 5.69 Å². The first-order valence-electron chi connectivity index (χ1n) is 6.37. The van der Waals surface area contributed by atoms with Gasteiger partial charge < -0.3 is 0 Å². The highest BCUT2D eigenvalue weighted by Gasteiger charge is 2.24. The molecule has 1 amide bonds. The Morgan fingerprint density at radius 2 is 1.75 bits per heavy atom. The van der Waals surface area contributed by atoms with Gasteiger partial charge in [0.05, 0.1) is 18.5 Å². The van der Waals surface area contributed by atoms with E-state index in [0.29, 0.717) is 0 Å². The lowest BCUT2D eigenvalue weighted by molar-refractivity contribution is -0.123. The summed E-state index contributed by atoms with van der Waals surface area (Å²) in [5, 5.41) is 1.30. The van der Waals surface area contributed by atoms with E-state index in [-0.39, 0.29) is 12.5 Å². The van der Waals surface area contributed by atoms with Crippen molar-refractivity contribution < 1.29 is 9.63 Å². The van der Waals surface area contributed by atoms with Crippen molar-refractivity contribution in [3.8, 4) is 0 Å². The number of fused-ring (bicyclic) bond motifs is 1. The Bertz CT molecular complexity index is 665. The summed E-state index contributed by atoms with van der Waals surface area (Å²) >= 11 is 0. The SMILES string of the molecule is CON1C(=O)CN=C(c2ccccc2)c2ccccc21. The smallest absolute Gasteiger partial charge is 0.272 e. The van der Waals surface area contributed by atoms with Crippen molar-refractivity contribution in [2.75, 3.05) is 18.7 Å². The predicted molar refractivity (Wildman–Crippen MR) is 77.9 cm³/mol. The molecule has 0 atom stereocenters. The number of hydrogen-bond acceptors (Lipinski definition) is 3. The Morgan fingerprint density at radius 1 is 1.05 bits per heavy atom. The van der Waals surface area contributed by atoms with Crippen LogP contribution in [0.5, 0.6) is 0 Å². The first-order chi connectivity index (χ1) is 9.81. The van der Waals surface area contributed by atoms with Crippen molar-refractivity contribution in [1.29, 1.82) is 0 Å². The number of benzene rings is 2. The van der Waals surface area contributed by atoms with Gasteiger partial charge in [0.15, 0.2) is 0 Å². The molecule has 0 unspecified atom stereocenters. The average molecular weight is 266 g/mol. The van der Waals surface area contributed by atoms with Gasteiger partial charge in [0, 0.05) is 11.1 Å². The number of hydrogen-bond donors (Lipinski definition) is 0. The first-order valence-corrected chi connectivity index (χ1v) is 6.37. The van der Waals surface area contributed by atoms with Crippen LogP contribution in [0.25, 0.3) is 0 Å². The van der Waals surface area contributed by atoms with Gasteiger partial charge in [-0.3, -0.25) is 14.6 Å². The van der Waals surface area contributed by atoms with Gasteiger partial charge in [-0.05, 0) is 6.07 Å². The van der Waals surface area contributed by atoms with E-state index in [0.717, 1.165) is 22.5 Å². The van der Waals surface area contributed by atoms with Gasteiger partial charge in [-0.15, -0.1) is 0 Å². The second-order valence-electron chi connectivity index (χ2n) is 4.42. The van der Waals surface area contributed by atoms with Crippen molar-refractivity contribution in [1.82, 2.24) is 0 Å². The number of para-hydroxylation sites is 1. The van der Waals surface area contributed by atoms with Gasteiger partial charge in [-0.1, -0.05) is 48.5 Å². The number of hydroxylamine groups is 1. The van der Waals surface area contributed by atoms with E-state index >= 15 is 0 Å². The summed E-state index contributed by atoms with van der Waals surface area (Å²) in [6.07, 6.45) is 0. The van der Waals surface area contributed by atoms with Crippen molar-refractivity contribution in [2.45, 2.75) is 0 Å². The zero-order chi connectivity index (χ0) is 13.9. The number of rotatable bonds is 2. The van der Waals surface area contributed by atoms with Crippen LogP contribution in [0.15, 0.2) is 59.6 Å². The molecule has 1 aliphatic rings. The molecule has 0 spiro atoms. The van der Waals surface area contributed by atoms with Crippen LogP contribution in [-0.2, 0) is 9.63 Å². The molecular weight excluding hydrogens is 252 g/mol. The molecule has 4 heteroatoms. The number of carbonyl (C=O) groups is 1. The van der Waals surface area contributed by atoms with E-state index in [2.05, 4.69) is 4.99 Å². The average Bonchev–Trinajstić information content (AvgIpc) is 2.64. The minimum Gasteiger partial charge on any atom is -0.274 e. The number of aliphatic imine (C=N–C) groups is 1. The van der Waals surface area contributed by atoms with Crippen molar-refractivity contribution in [3.05, 3.63) is 65.7 Å². The Kier molecular flexibility index (Phi) is 3.31. The molecule has 0 saturated carbocycles. The molecule has 20 heavy (non-hydrogen) atoms. The fourth-order valence-corrected chi connectivity index (χ4v) is 2.32. The van der Waals surface area contributed by atoms with Crippen molar-refractivity contribution >= 4 is 17.3 Å². The minimum atomic E-state index is -0.175. The third-order valence-corrected chi connectivity index (χ3v) is 3.21. The van der Waals surface area contributed by atoms with E-state index in [9.17, 15) is 4.79 Å². The summed E-state index contributed by atoms with van der Waals surface area (Å²) in [6, 6.07) is 17.5. The lowest BCUT2D eigenvalue weighted by Gasteiger charge is -2.19. The van der Waals surface area contributed by atoms with Crippen LogP contribution < -0.4 is 5.06 Å². The molecular formula is C16H14N2O2. The normalized spacial score (nSPS) is 14.6. The summed E-state index contributed by atoms with van der Waals surface area (Å²) in [4.78, 5) is 21.7. The van der Waals surface area contributed by atoms with E-state index in [4.69, 9.17) is 4.84 Å². The maximum atomic E-state index is 12.1. The molecule has 4 nitrogen and oxygen atoms in total. The molecule has 0 fully saturated rings. The largest absolute Gasteiger partial charge is 0.274 e. The lowest BCUT2D eigenvalue weighted by atomic mass is 10.0. The van der Waals surface area contributed by atoms with E-state index in [1.165, 1.54) is 12.2 Å². The standard InChI is InChI=1S/C16H14N2O2/c1-20-18-14-10-6-5-9-13(14)16(17-11-15(18)19)12-7-3-2-4-8-12/h2-10H,11H2,1H3. The summed E-state index contributed by atoms with van der Waals surface area (Å²) < 4.78 is 0. The van der Waals surface area contributed by atoms with Crippen LogP contribution in [0, 0.1) is 0 Å². The van der Waals surface area contributed by atoms with E-state index in [1.54, 1.807) is 0 Å². The fraction of sp³-hybridized carbons (Fsp3) is 0.125. The number of benzodiazepines with no additional fused rings is 1. The summed E-state index contributed by atoms with van der Waals surface area (Å²) in [6.45, 7) is 0.0761. The molecule has 0 saturated heterocycles. The zero-order valence-corrected chi connectivity index (χ0v) is 11.1. The van der Waals surface area contributed by atoms with Crippen LogP contribution in [0.3, 0.4) is 0 Å². The van der Waals surface area contributed by atoms with Crippen LogP contribution in [0.1, 0.15) is 11.1 Å². The molecule has 0 aromatic heterocycles. The van der Waals surface area contributed by atoms with E-state index < -0.39 is 0 Å². The Morgan fingerprint density at radius 3 is 2.50 bits per heavy atom. The molecule has 3 rings (SSSR count). The van der Waals surface area contributed by atoms with Crippen LogP contribution in [0.2, 0.25) is 0 Å². The Labute approximate surface area is 117 Å². The Balaban J connectivity index is 2.19. The van der Waals surface area contributed by atoms with Gasteiger partial charge >= 0.3 is 0 Å².